The predicted octanol–water partition coefficient (Wildman–Crippen LogP) is 5.74. The lowest BCUT2D eigenvalue weighted by atomic mass is 10.1. The monoisotopic (exact) mass is 471 g/mol. The van der Waals surface area contributed by atoms with Crippen LogP contribution < -0.4 is 10.6 Å². The fourth-order valence-corrected chi connectivity index (χ4v) is 4.07. The van der Waals surface area contributed by atoms with Crippen LogP contribution in [-0.2, 0) is 0 Å². The Bertz CT molecular complexity index is 1280. The third-order valence-electron chi connectivity index (χ3n) is 5.39. The number of nitrogens with one attached hydrogen (secondary N) is 3. The van der Waals surface area contributed by atoms with Crippen molar-refractivity contribution in [2.75, 3.05) is 10.6 Å². The van der Waals surface area contributed by atoms with Crippen LogP contribution in [0.1, 0.15) is 60.4 Å². The van der Waals surface area contributed by atoms with Crippen LogP contribution in [0.3, 0.4) is 0 Å². The van der Waals surface area contributed by atoms with Crippen LogP contribution in [0.4, 0.5) is 17.5 Å². The number of hydrogen-bond donors (Lipinski definition) is 3. The Morgan fingerprint density at radius 3 is 2.47 bits per heavy atom. The van der Waals surface area contributed by atoms with E-state index in [9.17, 15) is 4.79 Å². The van der Waals surface area contributed by atoms with Crippen LogP contribution in [0.2, 0.25) is 0 Å². The molecule has 2 aromatic heterocycles. The van der Waals surface area contributed by atoms with Crippen molar-refractivity contribution in [2.45, 2.75) is 48.6 Å². The number of rotatable bonds is 8. The minimum atomic E-state index is -0.137. The Labute approximate surface area is 202 Å². The van der Waals surface area contributed by atoms with Crippen LogP contribution in [0.5, 0.6) is 0 Å². The van der Waals surface area contributed by atoms with E-state index in [0.29, 0.717) is 34.3 Å². The number of aromatic nitrogens is 5. The van der Waals surface area contributed by atoms with Gasteiger partial charge in [0.25, 0.3) is 5.91 Å². The topological polar surface area (TPSA) is 108 Å². The van der Waals surface area contributed by atoms with E-state index in [-0.39, 0.29) is 5.91 Å². The molecule has 0 radical (unpaired) electrons. The Kier molecular flexibility index (Phi) is 6.27. The van der Waals surface area contributed by atoms with Gasteiger partial charge in [-0.1, -0.05) is 32.0 Å². The quantitative estimate of drug-likeness (QED) is 0.300. The largest absolute Gasteiger partial charge is 0.322 e. The normalized spacial score (nSPS) is 13.1. The molecule has 1 amide bonds. The number of carbonyl (C=O) groups is 1. The van der Waals surface area contributed by atoms with Gasteiger partial charge in [0.05, 0.1) is 0 Å². The van der Waals surface area contributed by atoms with E-state index in [2.05, 4.69) is 49.6 Å². The van der Waals surface area contributed by atoms with Gasteiger partial charge in [0.1, 0.15) is 5.82 Å². The average molecular weight is 472 g/mol. The lowest BCUT2D eigenvalue weighted by Gasteiger charge is -2.08. The lowest BCUT2D eigenvalue weighted by molar-refractivity contribution is 0.102. The highest BCUT2D eigenvalue weighted by Gasteiger charge is 2.28. The molecule has 1 fully saturated rings. The van der Waals surface area contributed by atoms with Gasteiger partial charge in [-0.25, -0.2) is 4.98 Å². The molecule has 5 rings (SSSR count). The van der Waals surface area contributed by atoms with Gasteiger partial charge in [0.2, 0.25) is 5.95 Å². The number of benzene rings is 2. The Morgan fingerprint density at radius 1 is 1.03 bits per heavy atom. The molecule has 1 saturated carbocycles. The molecule has 0 saturated heterocycles. The summed E-state index contributed by atoms with van der Waals surface area (Å²) >= 11 is 1.46. The second-order valence-corrected chi connectivity index (χ2v) is 9.55. The summed E-state index contributed by atoms with van der Waals surface area (Å²) in [6.07, 6.45) is 2.20. The van der Waals surface area contributed by atoms with Crippen molar-refractivity contribution in [1.82, 2.24) is 25.1 Å². The molecule has 2 heterocycles. The van der Waals surface area contributed by atoms with Crippen LogP contribution >= 0.6 is 11.8 Å². The minimum Gasteiger partial charge on any atom is -0.322 e. The lowest BCUT2D eigenvalue weighted by Crippen LogP contribution is -2.11. The summed E-state index contributed by atoms with van der Waals surface area (Å²) in [5.41, 5.74) is 2.40. The minimum absolute atomic E-state index is 0.137. The average Bonchev–Trinajstić information content (AvgIpc) is 3.59. The summed E-state index contributed by atoms with van der Waals surface area (Å²) in [5.74, 6) is 2.60. The van der Waals surface area contributed by atoms with Gasteiger partial charge in [-0.2, -0.15) is 15.1 Å². The zero-order valence-corrected chi connectivity index (χ0v) is 19.8. The molecule has 34 heavy (non-hydrogen) atoms. The van der Waals surface area contributed by atoms with Crippen molar-refractivity contribution in [3.8, 4) is 0 Å². The van der Waals surface area contributed by atoms with E-state index in [1.807, 2.05) is 48.5 Å². The number of nitrogens with zero attached hydrogens (tertiary/aromatic N) is 4. The fourth-order valence-electron chi connectivity index (χ4n) is 3.31. The maximum Gasteiger partial charge on any atom is 0.255 e. The Balaban J connectivity index is 1.30. The number of anilines is 3. The summed E-state index contributed by atoms with van der Waals surface area (Å²) in [6, 6.07) is 18.8. The molecule has 0 aliphatic heterocycles. The molecule has 8 nitrogen and oxygen atoms in total. The predicted molar refractivity (Wildman–Crippen MR) is 133 cm³/mol. The van der Waals surface area contributed by atoms with Crippen molar-refractivity contribution in [3.63, 3.8) is 0 Å². The van der Waals surface area contributed by atoms with E-state index in [4.69, 9.17) is 0 Å². The number of H-pyrrole nitrogens is 1. The smallest absolute Gasteiger partial charge is 0.255 e. The fraction of sp³-hybridized carbons (Fsp3) is 0.240. The van der Waals surface area contributed by atoms with Crippen LogP contribution in [0, 0.1) is 0 Å². The van der Waals surface area contributed by atoms with Crippen LogP contribution in [-0.4, -0.2) is 31.1 Å². The Morgan fingerprint density at radius 2 is 1.79 bits per heavy atom. The molecule has 0 unspecified atom stereocenters. The van der Waals surface area contributed by atoms with E-state index in [1.54, 1.807) is 12.1 Å². The number of hydrogen-bond acceptors (Lipinski definition) is 7. The second-order valence-electron chi connectivity index (χ2n) is 8.51. The summed E-state index contributed by atoms with van der Waals surface area (Å²) in [4.78, 5) is 27.2. The summed E-state index contributed by atoms with van der Waals surface area (Å²) < 4.78 is 0. The molecule has 0 atom stereocenters. The van der Waals surface area contributed by atoms with Crippen LogP contribution in [0.15, 0.2) is 70.7 Å². The SMILES string of the molecule is CC(C)c1cc(Nc2nc(Sc3ccc(NC(=O)c4ccccc4)cc3)nc(C3CC3)n2)n[nH]1. The van der Waals surface area contributed by atoms with Gasteiger partial charge in [0.15, 0.2) is 11.0 Å². The molecule has 9 heteroatoms. The van der Waals surface area contributed by atoms with E-state index in [0.717, 1.165) is 34.9 Å². The molecule has 0 bridgehead atoms. The molecular formula is C25H25N7OS. The third kappa shape index (κ3) is 5.43. The van der Waals surface area contributed by atoms with E-state index < -0.39 is 0 Å². The first-order valence-corrected chi connectivity index (χ1v) is 12.1. The third-order valence-corrected chi connectivity index (χ3v) is 6.26. The first-order valence-electron chi connectivity index (χ1n) is 11.3. The highest BCUT2D eigenvalue weighted by Crippen LogP contribution is 2.39. The highest BCUT2D eigenvalue weighted by molar-refractivity contribution is 7.99. The highest BCUT2D eigenvalue weighted by atomic mass is 32.2. The van der Waals surface area contributed by atoms with E-state index in [1.165, 1.54) is 11.8 Å². The number of aromatic amines is 1. The molecule has 4 aromatic rings. The van der Waals surface area contributed by atoms with Crippen molar-refractivity contribution in [2.24, 2.45) is 0 Å². The van der Waals surface area contributed by atoms with Gasteiger partial charge in [-0.05, 0) is 66.9 Å². The van der Waals surface area contributed by atoms with Gasteiger partial charge in [-0.3, -0.25) is 9.89 Å². The van der Waals surface area contributed by atoms with E-state index >= 15 is 0 Å². The zero-order valence-electron chi connectivity index (χ0n) is 18.9. The molecule has 3 N–H and O–H groups in total. The molecular weight excluding hydrogens is 446 g/mol. The van der Waals surface area contributed by atoms with Crippen molar-refractivity contribution in [3.05, 3.63) is 77.7 Å². The summed E-state index contributed by atoms with van der Waals surface area (Å²) in [6.45, 7) is 4.22. The van der Waals surface area contributed by atoms with Crippen molar-refractivity contribution in [1.29, 1.82) is 0 Å². The molecule has 172 valence electrons. The molecule has 1 aliphatic rings. The second kappa shape index (κ2) is 9.64. The molecule has 0 spiro atoms. The van der Waals surface area contributed by atoms with Gasteiger partial charge in [-0.15, -0.1) is 0 Å². The number of amides is 1. The van der Waals surface area contributed by atoms with Crippen LogP contribution in [0.25, 0.3) is 0 Å². The van der Waals surface area contributed by atoms with Gasteiger partial charge >= 0.3 is 0 Å². The Hall–Kier alpha value is -3.72. The van der Waals surface area contributed by atoms with Gasteiger partial charge in [0, 0.05) is 33.8 Å². The zero-order chi connectivity index (χ0) is 23.5. The molecule has 2 aromatic carbocycles. The standard InChI is InChI=1S/C25H25N7OS/c1-15(2)20-14-21(32-31-20)27-24-28-22(16-8-9-16)29-25(30-24)34-19-12-10-18(11-13-19)26-23(33)17-6-4-3-5-7-17/h3-7,10-16H,8-9H2,1-2H3,(H,26,33)(H2,27,28,29,30,31,32). The first-order chi connectivity index (χ1) is 16.5. The first kappa shape index (κ1) is 22.1. The maximum atomic E-state index is 12.4. The molecule has 1 aliphatic carbocycles. The summed E-state index contributed by atoms with van der Waals surface area (Å²) in [7, 11) is 0. The summed E-state index contributed by atoms with van der Waals surface area (Å²) in [5, 5.41) is 14.1. The maximum absolute atomic E-state index is 12.4. The van der Waals surface area contributed by atoms with Crippen molar-refractivity contribution < 1.29 is 4.79 Å². The number of carbonyl (C=O) groups excluding carboxylic acids is 1. The van der Waals surface area contributed by atoms with Crippen molar-refractivity contribution >= 4 is 35.1 Å². The van der Waals surface area contributed by atoms with Gasteiger partial charge < -0.3 is 10.6 Å².